The number of aromatic nitrogens is 2. The number of nitrogens with one attached hydrogen (secondary N) is 1. The zero-order valence-corrected chi connectivity index (χ0v) is 13.2. The van der Waals surface area contributed by atoms with Gasteiger partial charge in [-0.25, -0.2) is 4.79 Å². The number of carbonyl (C=O) groups excluding carboxylic acids is 1. The number of rotatable bonds is 3. The van der Waals surface area contributed by atoms with Gasteiger partial charge in [-0.3, -0.25) is 4.98 Å². The van der Waals surface area contributed by atoms with Gasteiger partial charge in [0.25, 0.3) is 0 Å². The van der Waals surface area contributed by atoms with Crippen LogP contribution in [0.5, 0.6) is 0 Å². The predicted molar refractivity (Wildman–Crippen MR) is 87.5 cm³/mol. The van der Waals surface area contributed by atoms with Crippen molar-refractivity contribution in [2.24, 2.45) is 0 Å². The molecule has 6 heteroatoms. The van der Waals surface area contributed by atoms with E-state index in [-0.39, 0.29) is 6.61 Å². The molecule has 0 saturated heterocycles. The highest BCUT2D eigenvalue weighted by Gasteiger charge is 2.21. The molecular formula is C16H12Cl2N2O2. The highest BCUT2D eigenvalue weighted by Crippen LogP contribution is 2.36. The van der Waals surface area contributed by atoms with Crippen molar-refractivity contribution in [1.82, 2.24) is 9.97 Å². The highest BCUT2D eigenvalue weighted by atomic mass is 35.5. The Morgan fingerprint density at radius 3 is 2.73 bits per heavy atom. The molecule has 0 aliphatic rings. The maximum absolute atomic E-state index is 12.2. The van der Waals surface area contributed by atoms with E-state index in [1.54, 1.807) is 25.3 Å². The van der Waals surface area contributed by atoms with E-state index >= 15 is 0 Å². The van der Waals surface area contributed by atoms with Crippen LogP contribution in [0, 0.1) is 0 Å². The van der Waals surface area contributed by atoms with E-state index in [0.29, 0.717) is 32.5 Å². The molecule has 0 fully saturated rings. The van der Waals surface area contributed by atoms with Crippen molar-refractivity contribution < 1.29 is 9.53 Å². The lowest BCUT2D eigenvalue weighted by atomic mass is 10.1. The minimum Gasteiger partial charge on any atom is -0.461 e. The van der Waals surface area contributed by atoms with E-state index in [9.17, 15) is 4.79 Å². The van der Waals surface area contributed by atoms with Gasteiger partial charge in [0.1, 0.15) is 5.69 Å². The molecule has 0 unspecified atom stereocenters. The first kappa shape index (κ1) is 14.9. The molecule has 3 aromatic rings. The average Bonchev–Trinajstić information content (AvgIpc) is 2.87. The van der Waals surface area contributed by atoms with Gasteiger partial charge in [0, 0.05) is 22.7 Å². The lowest BCUT2D eigenvalue weighted by molar-refractivity contribution is 0.0521. The van der Waals surface area contributed by atoms with Crippen LogP contribution in [0.3, 0.4) is 0 Å². The standard InChI is InChI=1S/C16H12Cl2N2O2/c1-2-22-16(21)15-14(12-5-3-4-6-19-12)9-7-10(17)11(18)8-13(9)20-15/h3-8,20H,2H2,1H3. The number of benzene rings is 1. The number of pyridine rings is 1. The molecule has 4 nitrogen and oxygen atoms in total. The van der Waals surface area contributed by atoms with Gasteiger partial charge in [-0.15, -0.1) is 0 Å². The molecule has 0 spiro atoms. The van der Waals surface area contributed by atoms with Crippen LogP contribution in [0.1, 0.15) is 17.4 Å². The SMILES string of the molecule is CCOC(=O)c1[nH]c2cc(Cl)c(Cl)cc2c1-c1ccccn1. The van der Waals surface area contributed by atoms with E-state index in [0.717, 1.165) is 5.39 Å². The van der Waals surface area contributed by atoms with Crippen LogP contribution in [0.2, 0.25) is 10.0 Å². The average molecular weight is 335 g/mol. The number of hydrogen-bond acceptors (Lipinski definition) is 3. The molecule has 1 aromatic carbocycles. The molecule has 0 saturated carbocycles. The fourth-order valence-corrected chi connectivity index (χ4v) is 2.65. The summed E-state index contributed by atoms with van der Waals surface area (Å²) >= 11 is 12.2. The van der Waals surface area contributed by atoms with Gasteiger partial charge >= 0.3 is 5.97 Å². The monoisotopic (exact) mass is 334 g/mol. The Bertz CT molecular complexity index is 844. The van der Waals surface area contributed by atoms with Crippen molar-refractivity contribution in [3.8, 4) is 11.3 Å². The molecule has 0 atom stereocenters. The van der Waals surface area contributed by atoms with Gasteiger partial charge < -0.3 is 9.72 Å². The van der Waals surface area contributed by atoms with E-state index < -0.39 is 5.97 Å². The Morgan fingerprint density at radius 1 is 1.27 bits per heavy atom. The number of halogens is 2. The third kappa shape index (κ3) is 2.56. The second-order valence-corrected chi connectivity index (χ2v) is 5.44. The lowest BCUT2D eigenvalue weighted by Gasteiger charge is -2.04. The minimum absolute atomic E-state index is 0.289. The van der Waals surface area contributed by atoms with E-state index in [4.69, 9.17) is 27.9 Å². The maximum atomic E-state index is 12.2. The van der Waals surface area contributed by atoms with Crippen molar-refractivity contribution in [3.63, 3.8) is 0 Å². The lowest BCUT2D eigenvalue weighted by Crippen LogP contribution is -2.06. The van der Waals surface area contributed by atoms with Crippen molar-refractivity contribution >= 4 is 40.1 Å². The number of aromatic amines is 1. The van der Waals surface area contributed by atoms with Crippen molar-refractivity contribution in [3.05, 3.63) is 52.3 Å². The molecular weight excluding hydrogens is 323 g/mol. The van der Waals surface area contributed by atoms with Crippen LogP contribution in [-0.4, -0.2) is 22.5 Å². The number of fused-ring (bicyclic) bond motifs is 1. The number of hydrogen-bond donors (Lipinski definition) is 1. The van der Waals surface area contributed by atoms with Crippen molar-refractivity contribution in [2.45, 2.75) is 6.92 Å². The van der Waals surface area contributed by atoms with Crippen LogP contribution in [0.4, 0.5) is 0 Å². The Balaban J connectivity index is 2.32. The predicted octanol–water partition coefficient (Wildman–Crippen LogP) is 4.71. The molecule has 112 valence electrons. The summed E-state index contributed by atoms with van der Waals surface area (Å²) in [7, 11) is 0. The van der Waals surface area contributed by atoms with Gasteiger partial charge in [0.2, 0.25) is 0 Å². The van der Waals surface area contributed by atoms with Crippen LogP contribution < -0.4 is 0 Å². The number of ether oxygens (including phenoxy) is 1. The molecule has 0 radical (unpaired) electrons. The van der Waals surface area contributed by atoms with Crippen LogP contribution in [-0.2, 0) is 4.74 Å². The first-order chi connectivity index (χ1) is 10.6. The topological polar surface area (TPSA) is 55.0 Å². The van der Waals surface area contributed by atoms with E-state index in [1.165, 1.54) is 0 Å². The summed E-state index contributed by atoms with van der Waals surface area (Å²) < 4.78 is 5.12. The van der Waals surface area contributed by atoms with Crippen LogP contribution in [0.25, 0.3) is 22.2 Å². The molecule has 2 aromatic heterocycles. The largest absolute Gasteiger partial charge is 0.461 e. The van der Waals surface area contributed by atoms with Crippen molar-refractivity contribution in [1.29, 1.82) is 0 Å². The molecule has 2 heterocycles. The van der Waals surface area contributed by atoms with Crippen LogP contribution in [0.15, 0.2) is 36.5 Å². The smallest absolute Gasteiger partial charge is 0.355 e. The van der Waals surface area contributed by atoms with E-state index in [2.05, 4.69) is 9.97 Å². The Morgan fingerprint density at radius 2 is 2.05 bits per heavy atom. The fourth-order valence-electron chi connectivity index (χ4n) is 2.32. The van der Waals surface area contributed by atoms with Gasteiger partial charge in [-0.2, -0.15) is 0 Å². The van der Waals surface area contributed by atoms with Crippen LogP contribution >= 0.6 is 23.2 Å². The summed E-state index contributed by atoms with van der Waals surface area (Å²) in [5.41, 5.74) is 2.37. The van der Waals surface area contributed by atoms with E-state index in [1.807, 2.05) is 18.2 Å². The molecule has 0 amide bonds. The summed E-state index contributed by atoms with van der Waals surface area (Å²) in [4.78, 5) is 19.6. The minimum atomic E-state index is -0.438. The number of nitrogens with zero attached hydrogens (tertiary/aromatic N) is 1. The summed E-state index contributed by atoms with van der Waals surface area (Å²) in [6, 6.07) is 8.91. The van der Waals surface area contributed by atoms with Gasteiger partial charge in [0.05, 0.1) is 22.3 Å². The molecule has 0 bridgehead atoms. The third-order valence-corrected chi connectivity index (χ3v) is 3.96. The second kappa shape index (κ2) is 5.99. The summed E-state index contributed by atoms with van der Waals surface area (Å²) in [5.74, 6) is -0.438. The summed E-state index contributed by atoms with van der Waals surface area (Å²) in [5, 5.41) is 1.61. The van der Waals surface area contributed by atoms with Gasteiger partial charge in [-0.05, 0) is 31.2 Å². The number of carbonyl (C=O) groups is 1. The molecule has 3 rings (SSSR count). The Labute approximate surface area is 137 Å². The number of esters is 1. The van der Waals surface area contributed by atoms with Gasteiger partial charge in [-0.1, -0.05) is 29.3 Å². The summed E-state index contributed by atoms with van der Waals surface area (Å²) in [6.07, 6.45) is 1.67. The highest BCUT2D eigenvalue weighted by molar-refractivity contribution is 6.43. The normalized spacial score (nSPS) is 10.9. The molecule has 0 aliphatic heterocycles. The van der Waals surface area contributed by atoms with Gasteiger partial charge in [0.15, 0.2) is 0 Å². The first-order valence-electron chi connectivity index (χ1n) is 6.71. The Hall–Kier alpha value is -2.04. The zero-order chi connectivity index (χ0) is 15.7. The molecule has 0 aliphatic carbocycles. The third-order valence-electron chi connectivity index (χ3n) is 3.24. The Kier molecular flexibility index (Phi) is 4.05. The zero-order valence-electron chi connectivity index (χ0n) is 11.7. The number of H-pyrrole nitrogens is 1. The summed E-state index contributed by atoms with van der Waals surface area (Å²) in [6.45, 7) is 2.05. The maximum Gasteiger partial charge on any atom is 0.355 e. The first-order valence-corrected chi connectivity index (χ1v) is 7.46. The molecule has 22 heavy (non-hydrogen) atoms. The van der Waals surface area contributed by atoms with Crippen molar-refractivity contribution in [2.75, 3.05) is 6.61 Å². The molecule has 1 N–H and O–H groups in total. The second-order valence-electron chi connectivity index (χ2n) is 4.62. The quantitative estimate of drug-likeness (QED) is 0.705. The fraction of sp³-hybridized carbons (Fsp3) is 0.125.